The molecule has 0 spiro atoms. The van der Waals surface area contributed by atoms with Gasteiger partial charge in [0, 0.05) is 37.3 Å². The van der Waals surface area contributed by atoms with Gasteiger partial charge in [0.1, 0.15) is 5.75 Å². The van der Waals surface area contributed by atoms with Crippen molar-refractivity contribution in [1.29, 1.82) is 0 Å². The highest BCUT2D eigenvalue weighted by molar-refractivity contribution is 6.09. The summed E-state index contributed by atoms with van der Waals surface area (Å²) in [7, 11) is 1.89. The van der Waals surface area contributed by atoms with Crippen LogP contribution in [0.5, 0.6) is 5.75 Å². The number of aryl methyl sites for hydroxylation is 2. The number of phenolic OH excluding ortho intramolecular Hbond substituents is 1. The molecule has 1 amide bonds. The van der Waals surface area contributed by atoms with Gasteiger partial charge in [-0.25, -0.2) is 0 Å². The van der Waals surface area contributed by atoms with E-state index in [0.29, 0.717) is 5.56 Å². The number of hydrogen-bond donors (Lipinski definition) is 2. The van der Waals surface area contributed by atoms with Crippen LogP contribution in [-0.4, -0.2) is 53.3 Å². The maximum Gasteiger partial charge on any atom is 0.251 e. The van der Waals surface area contributed by atoms with Crippen LogP contribution in [-0.2, 0) is 18.2 Å². The van der Waals surface area contributed by atoms with E-state index in [4.69, 9.17) is 10.5 Å². The number of fused-ring (bicyclic) bond motifs is 1. The van der Waals surface area contributed by atoms with Gasteiger partial charge in [-0.15, -0.1) is 0 Å². The number of hydrogen-bond acceptors (Lipinski definition) is 4. The molecule has 0 bridgehead atoms. The Kier molecular flexibility index (Phi) is 4.78. The van der Waals surface area contributed by atoms with E-state index in [1.54, 1.807) is 12.1 Å². The van der Waals surface area contributed by atoms with Crippen LogP contribution in [0.3, 0.4) is 0 Å². The molecule has 1 aliphatic heterocycles. The quantitative estimate of drug-likeness (QED) is 0.871. The Hall–Kier alpha value is -2.05. The summed E-state index contributed by atoms with van der Waals surface area (Å²) < 4.78 is 7.28. The number of aromatic nitrogens is 1. The topological polar surface area (TPSA) is 80.7 Å². The summed E-state index contributed by atoms with van der Waals surface area (Å²) in [6.45, 7) is 6.38. The number of carbonyl (C=O) groups is 1. The Bertz CT molecular complexity index is 761. The van der Waals surface area contributed by atoms with Crippen molar-refractivity contribution < 1.29 is 14.6 Å². The molecule has 24 heavy (non-hydrogen) atoms. The number of aromatic hydroxyl groups is 1. The molecular formula is C18H25N3O3. The Morgan fingerprint density at radius 2 is 2.04 bits per heavy atom. The monoisotopic (exact) mass is 331 g/mol. The zero-order valence-electron chi connectivity index (χ0n) is 14.3. The first-order valence-electron chi connectivity index (χ1n) is 8.40. The summed E-state index contributed by atoms with van der Waals surface area (Å²) in [4.78, 5) is 14.3. The van der Waals surface area contributed by atoms with Crippen LogP contribution in [0, 0.1) is 6.92 Å². The van der Waals surface area contributed by atoms with Crippen LogP contribution in [0.4, 0.5) is 0 Å². The number of phenols is 1. The molecule has 1 fully saturated rings. The minimum absolute atomic E-state index is 0.223. The average Bonchev–Trinajstić information content (AvgIpc) is 2.80. The summed E-state index contributed by atoms with van der Waals surface area (Å²) in [5, 5.41) is 10.9. The van der Waals surface area contributed by atoms with E-state index in [9.17, 15) is 9.90 Å². The van der Waals surface area contributed by atoms with Crippen molar-refractivity contribution in [3.63, 3.8) is 0 Å². The predicted octanol–water partition coefficient (Wildman–Crippen LogP) is 1.56. The van der Waals surface area contributed by atoms with Crippen molar-refractivity contribution in [2.45, 2.75) is 19.8 Å². The fourth-order valence-electron chi connectivity index (χ4n) is 3.57. The maximum atomic E-state index is 11.9. The van der Waals surface area contributed by atoms with Gasteiger partial charge < -0.3 is 20.1 Å². The van der Waals surface area contributed by atoms with E-state index in [-0.39, 0.29) is 5.75 Å². The molecule has 3 rings (SSSR count). The van der Waals surface area contributed by atoms with Crippen molar-refractivity contribution in [3.05, 3.63) is 29.0 Å². The van der Waals surface area contributed by atoms with Gasteiger partial charge in [0.15, 0.2) is 0 Å². The number of amides is 1. The Morgan fingerprint density at radius 1 is 1.33 bits per heavy atom. The fourth-order valence-corrected chi connectivity index (χ4v) is 3.57. The highest BCUT2D eigenvalue weighted by Crippen LogP contribution is 2.32. The van der Waals surface area contributed by atoms with Gasteiger partial charge in [-0.1, -0.05) is 0 Å². The van der Waals surface area contributed by atoms with Crippen molar-refractivity contribution in [1.82, 2.24) is 9.47 Å². The van der Waals surface area contributed by atoms with Gasteiger partial charge in [0.05, 0.1) is 24.3 Å². The molecule has 6 heteroatoms. The van der Waals surface area contributed by atoms with Gasteiger partial charge in [0.25, 0.3) is 5.91 Å². The third kappa shape index (κ3) is 3.12. The van der Waals surface area contributed by atoms with E-state index in [1.165, 1.54) is 0 Å². The second-order valence-electron chi connectivity index (χ2n) is 6.44. The zero-order valence-corrected chi connectivity index (χ0v) is 14.3. The number of morpholine rings is 1. The van der Waals surface area contributed by atoms with Crippen LogP contribution in [0.1, 0.15) is 28.0 Å². The molecule has 6 nitrogen and oxygen atoms in total. The van der Waals surface area contributed by atoms with Crippen LogP contribution in [0.25, 0.3) is 10.9 Å². The molecular weight excluding hydrogens is 306 g/mol. The van der Waals surface area contributed by atoms with Gasteiger partial charge in [-0.05, 0) is 37.9 Å². The fraction of sp³-hybridized carbons (Fsp3) is 0.500. The van der Waals surface area contributed by atoms with Crippen molar-refractivity contribution in [2.24, 2.45) is 12.8 Å². The van der Waals surface area contributed by atoms with Crippen molar-refractivity contribution >= 4 is 16.8 Å². The Balaban J connectivity index is 1.88. The summed E-state index contributed by atoms with van der Waals surface area (Å²) in [5.74, 6) is -0.196. The van der Waals surface area contributed by atoms with E-state index < -0.39 is 5.91 Å². The summed E-state index contributed by atoms with van der Waals surface area (Å²) >= 11 is 0. The first-order chi connectivity index (χ1) is 11.5. The molecule has 130 valence electrons. The van der Waals surface area contributed by atoms with E-state index >= 15 is 0 Å². The third-order valence-corrected chi connectivity index (χ3v) is 4.93. The lowest BCUT2D eigenvalue weighted by Crippen LogP contribution is -2.36. The number of carbonyl (C=O) groups excluding carboxylic acids is 1. The van der Waals surface area contributed by atoms with E-state index in [0.717, 1.165) is 67.8 Å². The first kappa shape index (κ1) is 16.8. The number of benzene rings is 1. The number of primary amides is 1. The molecule has 2 heterocycles. The van der Waals surface area contributed by atoms with Gasteiger partial charge in [-0.3, -0.25) is 9.69 Å². The average molecular weight is 331 g/mol. The van der Waals surface area contributed by atoms with Gasteiger partial charge >= 0.3 is 0 Å². The van der Waals surface area contributed by atoms with Crippen molar-refractivity contribution in [3.8, 4) is 5.75 Å². The summed E-state index contributed by atoms with van der Waals surface area (Å²) in [6, 6.07) is 3.45. The van der Waals surface area contributed by atoms with Crippen molar-refractivity contribution in [2.75, 3.05) is 32.8 Å². The summed E-state index contributed by atoms with van der Waals surface area (Å²) in [5.41, 5.74) is 8.84. The molecule has 0 saturated carbocycles. The number of ether oxygens (including phenoxy) is 1. The lowest BCUT2D eigenvalue weighted by molar-refractivity contribution is 0.0375. The zero-order chi connectivity index (χ0) is 17.3. The molecule has 0 atom stereocenters. The molecule has 3 N–H and O–H groups in total. The molecule has 1 aliphatic rings. The summed E-state index contributed by atoms with van der Waals surface area (Å²) in [6.07, 6.45) is 1.76. The van der Waals surface area contributed by atoms with Gasteiger partial charge in [0.2, 0.25) is 0 Å². The Morgan fingerprint density at radius 3 is 2.71 bits per heavy atom. The number of nitrogens with two attached hydrogens (primary N) is 1. The molecule has 0 aliphatic carbocycles. The van der Waals surface area contributed by atoms with Crippen LogP contribution < -0.4 is 5.73 Å². The minimum Gasteiger partial charge on any atom is -0.508 e. The molecule has 0 radical (unpaired) electrons. The molecule has 2 aromatic rings. The molecule has 1 saturated heterocycles. The minimum atomic E-state index is -0.418. The highest BCUT2D eigenvalue weighted by atomic mass is 16.5. The number of rotatable bonds is 5. The molecule has 1 aromatic heterocycles. The lowest BCUT2D eigenvalue weighted by Gasteiger charge is -2.26. The Labute approximate surface area is 141 Å². The lowest BCUT2D eigenvalue weighted by atomic mass is 10.00. The SMILES string of the molecule is Cc1c(C(N)=O)c2c(CCCN3CCOCC3)cc(O)cc2n1C. The standard InChI is InChI=1S/C18H25N3O3/c1-12-16(18(19)23)17-13(10-14(22)11-15(17)20(12)2)4-3-5-21-6-8-24-9-7-21/h10-11,22H,3-9H2,1-2H3,(H2,19,23). The smallest absolute Gasteiger partial charge is 0.251 e. The van der Waals surface area contributed by atoms with Gasteiger partial charge in [-0.2, -0.15) is 0 Å². The van der Waals surface area contributed by atoms with E-state index in [1.807, 2.05) is 18.5 Å². The third-order valence-electron chi connectivity index (χ3n) is 4.93. The largest absolute Gasteiger partial charge is 0.508 e. The first-order valence-corrected chi connectivity index (χ1v) is 8.40. The second kappa shape index (κ2) is 6.83. The maximum absolute atomic E-state index is 11.9. The number of nitrogens with zero attached hydrogens (tertiary/aromatic N) is 2. The van der Waals surface area contributed by atoms with Crippen LogP contribution >= 0.6 is 0 Å². The van der Waals surface area contributed by atoms with Crippen LogP contribution in [0.2, 0.25) is 0 Å². The van der Waals surface area contributed by atoms with Crippen LogP contribution in [0.15, 0.2) is 12.1 Å². The molecule has 1 aromatic carbocycles. The highest BCUT2D eigenvalue weighted by Gasteiger charge is 2.20. The predicted molar refractivity (Wildman–Crippen MR) is 93.4 cm³/mol. The van der Waals surface area contributed by atoms with E-state index in [2.05, 4.69) is 4.90 Å². The second-order valence-corrected chi connectivity index (χ2v) is 6.44. The normalized spacial score (nSPS) is 15.9. The molecule has 0 unspecified atom stereocenters.